The Bertz CT molecular complexity index is 305. The Balaban J connectivity index is 2.38. The molecular formula is C14H25N3O. The molecule has 1 unspecified atom stereocenters. The van der Waals surface area contributed by atoms with Crippen molar-refractivity contribution in [3.8, 4) is 0 Å². The maximum atomic E-state index is 5.28. The standard InChI is InChI=1S/C14H25N3O/c1-4-15-11-14(12-18-3)17(2)10-8-13-7-5-6-9-16-13/h5-7,9,14-15H,4,8,10-12H2,1-3H3. The van der Waals surface area contributed by atoms with Gasteiger partial charge in [0.1, 0.15) is 0 Å². The number of nitrogens with one attached hydrogen (secondary N) is 1. The molecule has 0 aliphatic heterocycles. The predicted octanol–water partition coefficient (Wildman–Crippen LogP) is 1.18. The van der Waals surface area contributed by atoms with Gasteiger partial charge in [-0.05, 0) is 25.7 Å². The zero-order chi connectivity index (χ0) is 13.2. The summed E-state index contributed by atoms with van der Waals surface area (Å²) in [6.45, 7) is 5.83. The van der Waals surface area contributed by atoms with Gasteiger partial charge < -0.3 is 10.1 Å². The van der Waals surface area contributed by atoms with Crippen LogP contribution in [0.4, 0.5) is 0 Å². The van der Waals surface area contributed by atoms with Gasteiger partial charge in [-0.2, -0.15) is 0 Å². The molecule has 0 aromatic carbocycles. The number of ether oxygens (including phenoxy) is 1. The van der Waals surface area contributed by atoms with Gasteiger partial charge in [0.15, 0.2) is 0 Å². The van der Waals surface area contributed by atoms with E-state index in [1.54, 1.807) is 7.11 Å². The summed E-state index contributed by atoms with van der Waals surface area (Å²) in [5.41, 5.74) is 1.14. The molecule has 4 heteroatoms. The molecule has 1 rings (SSSR count). The lowest BCUT2D eigenvalue weighted by atomic mass is 10.2. The van der Waals surface area contributed by atoms with Crippen LogP contribution in [0.25, 0.3) is 0 Å². The van der Waals surface area contributed by atoms with Crippen LogP contribution in [0, 0.1) is 0 Å². The fourth-order valence-electron chi connectivity index (χ4n) is 1.86. The summed E-state index contributed by atoms with van der Waals surface area (Å²) in [5.74, 6) is 0. The van der Waals surface area contributed by atoms with E-state index in [0.29, 0.717) is 6.04 Å². The number of likely N-dealkylation sites (N-methyl/N-ethyl adjacent to an activating group) is 2. The largest absolute Gasteiger partial charge is 0.383 e. The molecule has 0 aliphatic carbocycles. The minimum Gasteiger partial charge on any atom is -0.383 e. The highest BCUT2D eigenvalue weighted by Crippen LogP contribution is 2.01. The molecule has 1 atom stereocenters. The minimum atomic E-state index is 0.415. The molecule has 0 saturated carbocycles. The summed E-state index contributed by atoms with van der Waals surface area (Å²) in [6, 6.07) is 6.47. The van der Waals surface area contributed by atoms with Crippen LogP contribution in [0.2, 0.25) is 0 Å². The lowest BCUT2D eigenvalue weighted by Gasteiger charge is -2.27. The number of pyridine rings is 1. The Hall–Kier alpha value is -0.970. The van der Waals surface area contributed by atoms with Crippen LogP contribution in [-0.2, 0) is 11.2 Å². The predicted molar refractivity (Wildman–Crippen MR) is 74.8 cm³/mol. The van der Waals surface area contributed by atoms with E-state index in [-0.39, 0.29) is 0 Å². The normalized spacial score (nSPS) is 12.9. The Morgan fingerprint density at radius 2 is 2.28 bits per heavy atom. The van der Waals surface area contributed by atoms with Crippen LogP contribution in [0.5, 0.6) is 0 Å². The summed E-state index contributed by atoms with van der Waals surface area (Å²) in [6.07, 6.45) is 2.82. The third-order valence-corrected chi connectivity index (χ3v) is 3.06. The van der Waals surface area contributed by atoms with Crippen LogP contribution in [-0.4, -0.2) is 56.3 Å². The first-order valence-corrected chi connectivity index (χ1v) is 6.57. The molecule has 1 aromatic heterocycles. The number of rotatable bonds is 9. The molecule has 0 spiro atoms. The van der Waals surface area contributed by atoms with Gasteiger partial charge in [0.05, 0.1) is 6.61 Å². The first kappa shape index (κ1) is 15.1. The average molecular weight is 251 g/mol. The van der Waals surface area contributed by atoms with Crippen molar-refractivity contribution in [1.82, 2.24) is 15.2 Å². The summed E-state index contributed by atoms with van der Waals surface area (Å²) < 4.78 is 5.28. The highest BCUT2D eigenvalue weighted by Gasteiger charge is 2.13. The zero-order valence-electron chi connectivity index (χ0n) is 11.7. The van der Waals surface area contributed by atoms with E-state index in [2.05, 4.69) is 35.2 Å². The van der Waals surface area contributed by atoms with E-state index in [0.717, 1.165) is 38.4 Å². The number of nitrogens with zero attached hydrogens (tertiary/aromatic N) is 2. The second-order valence-electron chi connectivity index (χ2n) is 4.47. The molecule has 0 radical (unpaired) electrons. The third-order valence-electron chi connectivity index (χ3n) is 3.06. The number of methoxy groups -OCH3 is 1. The smallest absolute Gasteiger partial charge is 0.0630 e. The topological polar surface area (TPSA) is 37.4 Å². The molecule has 102 valence electrons. The lowest BCUT2D eigenvalue weighted by molar-refractivity contribution is 0.106. The highest BCUT2D eigenvalue weighted by atomic mass is 16.5. The number of aromatic nitrogens is 1. The second-order valence-corrected chi connectivity index (χ2v) is 4.47. The van der Waals surface area contributed by atoms with Crippen molar-refractivity contribution < 1.29 is 4.74 Å². The van der Waals surface area contributed by atoms with Gasteiger partial charge in [0.2, 0.25) is 0 Å². The van der Waals surface area contributed by atoms with E-state index < -0.39 is 0 Å². The molecule has 0 aliphatic rings. The molecule has 0 bridgehead atoms. The maximum absolute atomic E-state index is 5.28. The minimum absolute atomic E-state index is 0.415. The van der Waals surface area contributed by atoms with Crippen LogP contribution in [0.15, 0.2) is 24.4 Å². The van der Waals surface area contributed by atoms with Gasteiger partial charge in [0, 0.05) is 44.6 Å². The number of hydrogen-bond donors (Lipinski definition) is 1. The van der Waals surface area contributed by atoms with Crippen molar-refractivity contribution in [3.63, 3.8) is 0 Å². The molecule has 1 N–H and O–H groups in total. The third kappa shape index (κ3) is 5.58. The summed E-state index contributed by atoms with van der Waals surface area (Å²) in [4.78, 5) is 6.68. The summed E-state index contributed by atoms with van der Waals surface area (Å²) >= 11 is 0. The van der Waals surface area contributed by atoms with Gasteiger partial charge in [-0.15, -0.1) is 0 Å². The Morgan fingerprint density at radius 3 is 2.89 bits per heavy atom. The second kappa shape index (κ2) is 9.03. The van der Waals surface area contributed by atoms with Crippen molar-refractivity contribution in [3.05, 3.63) is 30.1 Å². The number of hydrogen-bond acceptors (Lipinski definition) is 4. The van der Waals surface area contributed by atoms with Crippen LogP contribution < -0.4 is 5.32 Å². The monoisotopic (exact) mass is 251 g/mol. The van der Waals surface area contributed by atoms with Gasteiger partial charge in [0.25, 0.3) is 0 Å². The van der Waals surface area contributed by atoms with Gasteiger partial charge in [-0.25, -0.2) is 0 Å². The first-order chi connectivity index (χ1) is 8.77. The van der Waals surface area contributed by atoms with Crippen molar-refractivity contribution in [2.75, 3.05) is 40.4 Å². The van der Waals surface area contributed by atoms with Crippen molar-refractivity contribution in [1.29, 1.82) is 0 Å². The average Bonchev–Trinajstić information content (AvgIpc) is 2.42. The highest BCUT2D eigenvalue weighted by molar-refractivity contribution is 5.03. The molecule has 0 fully saturated rings. The van der Waals surface area contributed by atoms with Gasteiger partial charge in [-0.1, -0.05) is 13.0 Å². The Labute approximate surface area is 110 Å². The van der Waals surface area contributed by atoms with Crippen LogP contribution >= 0.6 is 0 Å². The van der Waals surface area contributed by atoms with Crippen molar-refractivity contribution in [2.24, 2.45) is 0 Å². The summed E-state index contributed by atoms with van der Waals surface area (Å²) in [7, 11) is 3.90. The zero-order valence-corrected chi connectivity index (χ0v) is 11.7. The SMILES string of the molecule is CCNCC(COC)N(C)CCc1ccccn1. The molecular weight excluding hydrogens is 226 g/mol. The van der Waals surface area contributed by atoms with Gasteiger partial charge in [-0.3, -0.25) is 9.88 Å². The fraction of sp³-hybridized carbons (Fsp3) is 0.643. The Kier molecular flexibility index (Phi) is 7.57. The molecule has 4 nitrogen and oxygen atoms in total. The molecule has 1 heterocycles. The molecule has 18 heavy (non-hydrogen) atoms. The quantitative estimate of drug-likeness (QED) is 0.715. The maximum Gasteiger partial charge on any atom is 0.0630 e. The van der Waals surface area contributed by atoms with Crippen molar-refractivity contribution >= 4 is 0 Å². The van der Waals surface area contributed by atoms with Crippen LogP contribution in [0.1, 0.15) is 12.6 Å². The van der Waals surface area contributed by atoms with E-state index in [1.807, 2.05) is 18.3 Å². The first-order valence-electron chi connectivity index (χ1n) is 6.57. The van der Waals surface area contributed by atoms with Crippen molar-refractivity contribution in [2.45, 2.75) is 19.4 Å². The molecule has 0 saturated heterocycles. The summed E-state index contributed by atoms with van der Waals surface area (Å²) in [5, 5.41) is 3.37. The molecule has 0 amide bonds. The van der Waals surface area contributed by atoms with E-state index in [1.165, 1.54) is 0 Å². The Morgan fingerprint density at radius 1 is 1.44 bits per heavy atom. The van der Waals surface area contributed by atoms with Crippen LogP contribution in [0.3, 0.4) is 0 Å². The molecule has 1 aromatic rings. The van der Waals surface area contributed by atoms with E-state index in [4.69, 9.17) is 4.74 Å². The van der Waals surface area contributed by atoms with Gasteiger partial charge >= 0.3 is 0 Å². The van der Waals surface area contributed by atoms with E-state index >= 15 is 0 Å². The van der Waals surface area contributed by atoms with E-state index in [9.17, 15) is 0 Å². The fourth-order valence-corrected chi connectivity index (χ4v) is 1.86. The lowest BCUT2D eigenvalue weighted by Crippen LogP contribution is -2.43.